The van der Waals surface area contributed by atoms with E-state index in [1.54, 1.807) is 12.3 Å². The van der Waals surface area contributed by atoms with Gasteiger partial charge in [0.1, 0.15) is 6.26 Å². The number of rotatable bonds is 4. The van der Waals surface area contributed by atoms with E-state index >= 15 is 0 Å². The van der Waals surface area contributed by atoms with Crippen LogP contribution in [-0.2, 0) is 9.47 Å². The number of nitrogens with zero attached hydrogens (tertiary/aromatic N) is 1. The molecule has 0 amide bonds. The lowest BCUT2D eigenvalue weighted by Gasteiger charge is -2.09. The SMILES string of the molecule is CCOC(C)OCC.c1cnoc1. The lowest BCUT2D eigenvalue weighted by Crippen LogP contribution is -2.11. The Morgan fingerprint density at radius 1 is 1.31 bits per heavy atom. The first-order valence-electron chi connectivity index (χ1n) is 4.38. The topological polar surface area (TPSA) is 44.5 Å². The van der Waals surface area contributed by atoms with Gasteiger partial charge in [-0.2, -0.15) is 0 Å². The molecule has 1 aromatic heterocycles. The Morgan fingerprint density at radius 2 is 1.92 bits per heavy atom. The summed E-state index contributed by atoms with van der Waals surface area (Å²) >= 11 is 0. The maximum atomic E-state index is 5.06. The van der Waals surface area contributed by atoms with E-state index in [9.17, 15) is 0 Å². The van der Waals surface area contributed by atoms with E-state index < -0.39 is 0 Å². The van der Waals surface area contributed by atoms with Crippen LogP contribution in [0.5, 0.6) is 0 Å². The van der Waals surface area contributed by atoms with Crippen molar-refractivity contribution in [1.82, 2.24) is 5.16 Å². The lowest BCUT2D eigenvalue weighted by molar-refractivity contribution is -0.123. The molecule has 0 aliphatic heterocycles. The molecule has 0 spiro atoms. The first kappa shape index (κ1) is 12.1. The summed E-state index contributed by atoms with van der Waals surface area (Å²) in [5.74, 6) is 0. The summed E-state index contributed by atoms with van der Waals surface area (Å²) in [6.45, 7) is 7.25. The van der Waals surface area contributed by atoms with Crippen LogP contribution in [-0.4, -0.2) is 24.7 Å². The number of hydrogen-bond acceptors (Lipinski definition) is 4. The first-order chi connectivity index (χ1) is 6.31. The molecule has 4 heteroatoms. The standard InChI is InChI=1S/C6H14O2.C3H3NO/c1-4-7-6(3)8-5-2;1-2-4-5-3-1/h6H,4-5H2,1-3H3;1-3H. The molecule has 0 saturated carbocycles. The minimum Gasteiger partial charge on any atom is -0.365 e. The van der Waals surface area contributed by atoms with Gasteiger partial charge in [-0.3, -0.25) is 0 Å². The van der Waals surface area contributed by atoms with Gasteiger partial charge in [-0.25, -0.2) is 0 Å². The summed E-state index contributed by atoms with van der Waals surface area (Å²) in [6.07, 6.45) is 3.06. The molecular weight excluding hydrogens is 170 g/mol. The highest BCUT2D eigenvalue weighted by Crippen LogP contribution is 1.90. The average Bonchev–Trinajstić information content (AvgIpc) is 2.61. The molecule has 0 atom stereocenters. The molecule has 4 nitrogen and oxygen atoms in total. The van der Waals surface area contributed by atoms with Gasteiger partial charge in [-0.15, -0.1) is 0 Å². The smallest absolute Gasteiger partial charge is 0.154 e. The van der Waals surface area contributed by atoms with Gasteiger partial charge in [0.25, 0.3) is 0 Å². The van der Waals surface area contributed by atoms with Crippen molar-refractivity contribution in [1.29, 1.82) is 0 Å². The van der Waals surface area contributed by atoms with Crippen molar-refractivity contribution in [2.24, 2.45) is 0 Å². The van der Waals surface area contributed by atoms with Gasteiger partial charge < -0.3 is 14.0 Å². The van der Waals surface area contributed by atoms with Crippen LogP contribution < -0.4 is 0 Å². The second-order valence-corrected chi connectivity index (χ2v) is 2.17. The van der Waals surface area contributed by atoms with Crippen LogP contribution in [0.4, 0.5) is 0 Å². The highest BCUT2D eigenvalue weighted by Gasteiger charge is 1.94. The Balaban J connectivity index is 0.000000243. The minimum absolute atomic E-state index is 0.0370. The summed E-state index contributed by atoms with van der Waals surface area (Å²) in [4.78, 5) is 0. The molecule has 0 N–H and O–H groups in total. The number of hydrogen-bond donors (Lipinski definition) is 0. The Hall–Kier alpha value is -0.870. The third-order valence-electron chi connectivity index (χ3n) is 1.15. The Morgan fingerprint density at radius 3 is 2.15 bits per heavy atom. The van der Waals surface area contributed by atoms with Gasteiger partial charge in [0, 0.05) is 13.2 Å². The maximum absolute atomic E-state index is 5.06. The van der Waals surface area contributed by atoms with Gasteiger partial charge >= 0.3 is 0 Å². The van der Waals surface area contributed by atoms with E-state index in [2.05, 4.69) is 9.68 Å². The van der Waals surface area contributed by atoms with Gasteiger partial charge in [0.15, 0.2) is 6.29 Å². The van der Waals surface area contributed by atoms with E-state index in [4.69, 9.17) is 9.47 Å². The predicted molar refractivity (Wildman–Crippen MR) is 49.2 cm³/mol. The van der Waals surface area contributed by atoms with Crippen LogP contribution in [0.1, 0.15) is 20.8 Å². The van der Waals surface area contributed by atoms with Crippen LogP contribution in [0.3, 0.4) is 0 Å². The Labute approximate surface area is 78.8 Å². The third-order valence-corrected chi connectivity index (χ3v) is 1.15. The quantitative estimate of drug-likeness (QED) is 0.677. The molecule has 0 saturated heterocycles. The van der Waals surface area contributed by atoms with E-state index in [1.165, 1.54) is 6.26 Å². The van der Waals surface area contributed by atoms with Gasteiger partial charge in [0.05, 0.1) is 6.20 Å². The molecule has 0 radical (unpaired) electrons. The number of ether oxygens (including phenoxy) is 2. The molecule has 1 aromatic rings. The zero-order chi connectivity index (χ0) is 9.94. The summed E-state index contributed by atoms with van der Waals surface area (Å²) < 4.78 is 14.5. The van der Waals surface area contributed by atoms with E-state index in [1.807, 2.05) is 20.8 Å². The molecule has 0 bridgehead atoms. The van der Waals surface area contributed by atoms with Crippen LogP contribution in [0.25, 0.3) is 0 Å². The summed E-state index contributed by atoms with van der Waals surface area (Å²) in [7, 11) is 0. The van der Waals surface area contributed by atoms with Gasteiger partial charge in [0.2, 0.25) is 0 Å². The third kappa shape index (κ3) is 9.04. The fraction of sp³-hybridized carbons (Fsp3) is 0.667. The van der Waals surface area contributed by atoms with Crippen molar-refractivity contribution in [2.75, 3.05) is 13.2 Å². The van der Waals surface area contributed by atoms with E-state index in [-0.39, 0.29) is 6.29 Å². The maximum Gasteiger partial charge on any atom is 0.154 e. The summed E-state index contributed by atoms with van der Waals surface area (Å²) in [6, 6.07) is 1.72. The predicted octanol–water partition coefficient (Wildman–Crippen LogP) is 2.08. The molecule has 13 heavy (non-hydrogen) atoms. The van der Waals surface area contributed by atoms with Crippen LogP contribution >= 0.6 is 0 Å². The van der Waals surface area contributed by atoms with E-state index in [0.29, 0.717) is 0 Å². The summed E-state index contributed by atoms with van der Waals surface area (Å²) in [5, 5.41) is 3.35. The zero-order valence-corrected chi connectivity index (χ0v) is 8.40. The highest BCUT2D eigenvalue weighted by atomic mass is 16.7. The second-order valence-electron chi connectivity index (χ2n) is 2.17. The van der Waals surface area contributed by atoms with Crippen LogP contribution in [0.2, 0.25) is 0 Å². The molecule has 1 heterocycles. The molecule has 0 unspecified atom stereocenters. The fourth-order valence-corrected chi connectivity index (χ4v) is 0.693. The average molecular weight is 187 g/mol. The second kappa shape index (κ2) is 9.22. The lowest BCUT2D eigenvalue weighted by atomic mass is 10.7. The van der Waals surface area contributed by atoms with Gasteiger partial charge in [-0.05, 0) is 26.8 Å². The zero-order valence-electron chi connectivity index (χ0n) is 8.40. The molecule has 0 aliphatic carbocycles. The molecule has 0 aliphatic rings. The molecule has 0 fully saturated rings. The van der Waals surface area contributed by atoms with Crippen LogP contribution in [0.15, 0.2) is 23.0 Å². The Bertz CT molecular complexity index is 142. The summed E-state index contributed by atoms with van der Waals surface area (Å²) in [5.41, 5.74) is 0. The van der Waals surface area contributed by atoms with Crippen molar-refractivity contribution in [3.05, 3.63) is 18.5 Å². The minimum atomic E-state index is -0.0370. The van der Waals surface area contributed by atoms with Crippen LogP contribution in [0, 0.1) is 0 Å². The van der Waals surface area contributed by atoms with Gasteiger partial charge in [-0.1, -0.05) is 5.16 Å². The fourth-order valence-electron chi connectivity index (χ4n) is 0.693. The highest BCUT2D eigenvalue weighted by molar-refractivity contribution is 4.67. The molecular formula is C9H17NO3. The first-order valence-corrected chi connectivity index (χ1v) is 4.38. The van der Waals surface area contributed by atoms with Crippen molar-refractivity contribution in [3.63, 3.8) is 0 Å². The normalized spacial score (nSPS) is 9.54. The molecule has 0 aromatic carbocycles. The molecule has 76 valence electrons. The van der Waals surface area contributed by atoms with Crippen molar-refractivity contribution in [2.45, 2.75) is 27.1 Å². The van der Waals surface area contributed by atoms with Crippen molar-refractivity contribution in [3.8, 4) is 0 Å². The monoisotopic (exact) mass is 187 g/mol. The molecule has 1 rings (SSSR count). The van der Waals surface area contributed by atoms with Crippen molar-refractivity contribution >= 4 is 0 Å². The number of aromatic nitrogens is 1. The Kier molecular flexibility index (Phi) is 8.60. The largest absolute Gasteiger partial charge is 0.365 e. The van der Waals surface area contributed by atoms with E-state index in [0.717, 1.165) is 13.2 Å². The van der Waals surface area contributed by atoms with Crippen molar-refractivity contribution < 1.29 is 14.0 Å².